The highest BCUT2D eigenvalue weighted by molar-refractivity contribution is 5.78. The molecule has 1 aliphatic heterocycles. The molecule has 1 saturated heterocycles. The monoisotopic (exact) mass is 397 g/mol. The maximum absolute atomic E-state index is 12.9. The summed E-state index contributed by atoms with van der Waals surface area (Å²) in [6.07, 6.45) is 1.91. The maximum Gasteiger partial charge on any atom is 0.261 e. The quantitative estimate of drug-likeness (QED) is 0.668. The summed E-state index contributed by atoms with van der Waals surface area (Å²) in [4.78, 5) is 14.8. The Hall–Kier alpha value is -2.69. The standard InChI is InChI=1S/C24H31NO4/c1-16(2)20-10-9-19(13-17(20)3)29-15-24(26)25-12-6-7-21(25)18-8-11-22(27-4)23(14-18)28-5/h8-11,13-14,16,21H,6-7,12,15H2,1-5H3. The predicted molar refractivity (Wildman–Crippen MR) is 114 cm³/mol. The molecule has 1 atom stereocenters. The van der Waals surface area contributed by atoms with Gasteiger partial charge in [0, 0.05) is 6.54 Å². The fourth-order valence-electron chi connectivity index (χ4n) is 4.09. The maximum atomic E-state index is 12.9. The van der Waals surface area contributed by atoms with Crippen molar-refractivity contribution >= 4 is 5.91 Å². The summed E-state index contributed by atoms with van der Waals surface area (Å²) < 4.78 is 16.6. The fourth-order valence-corrected chi connectivity index (χ4v) is 4.09. The Morgan fingerprint density at radius 3 is 2.52 bits per heavy atom. The number of benzene rings is 2. The zero-order chi connectivity index (χ0) is 21.0. The zero-order valence-electron chi connectivity index (χ0n) is 18.0. The summed E-state index contributed by atoms with van der Waals surface area (Å²) in [5, 5.41) is 0. The summed E-state index contributed by atoms with van der Waals surface area (Å²) in [5.74, 6) is 2.59. The topological polar surface area (TPSA) is 48.0 Å². The molecule has 5 nitrogen and oxygen atoms in total. The molecule has 1 aliphatic rings. The van der Waals surface area contributed by atoms with Crippen molar-refractivity contribution in [3.05, 3.63) is 53.1 Å². The molecule has 156 valence electrons. The third-order valence-electron chi connectivity index (χ3n) is 5.59. The first-order valence-electron chi connectivity index (χ1n) is 10.2. The lowest BCUT2D eigenvalue weighted by Gasteiger charge is -2.26. The molecule has 2 aromatic carbocycles. The van der Waals surface area contributed by atoms with Crippen LogP contribution in [-0.4, -0.2) is 38.2 Å². The lowest BCUT2D eigenvalue weighted by Crippen LogP contribution is -2.34. The molecule has 0 aliphatic carbocycles. The van der Waals surface area contributed by atoms with Crippen molar-refractivity contribution in [2.75, 3.05) is 27.4 Å². The summed E-state index contributed by atoms with van der Waals surface area (Å²) in [6.45, 7) is 7.22. The molecular formula is C24H31NO4. The Balaban J connectivity index is 1.68. The fraction of sp³-hybridized carbons (Fsp3) is 0.458. The molecule has 5 heteroatoms. The summed E-state index contributed by atoms with van der Waals surface area (Å²) in [7, 11) is 3.25. The second-order valence-electron chi connectivity index (χ2n) is 7.82. The minimum Gasteiger partial charge on any atom is -0.493 e. The van der Waals surface area contributed by atoms with Crippen LogP contribution in [0, 0.1) is 6.92 Å². The third-order valence-corrected chi connectivity index (χ3v) is 5.59. The number of amides is 1. The van der Waals surface area contributed by atoms with Gasteiger partial charge in [-0.2, -0.15) is 0 Å². The number of hydrogen-bond donors (Lipinski definition) is 0. The molecule has 0 radical (unpaired) electrons. The van der Waals surface area contributed by atoms with Crippen molar-refractivity contribution in [3.63, 3.8) is 0 Å². The first-order chi connectivity index (χ1) is 13.9. The highest BCUT2D eigenvalue weighted by atomic mass is 16.5. The number of rotatable bonds is 7. The Morgan fingerprint density at radius 1 is 1.10 bits per heavy atom. The molecular weight excluding hydrogens is 366 g/mol. The van der Waals surface area contributed by atoms with Crippen LogP contribution in [0.4, 0.5) is 0 Å². The van der Waals surface area contributed by atoms with Crippen LogP contribution >= 0.6 is 0 Å². The number of likely N-dealkylation sites (tertiary alicyclic amines) is 1. The largest absolute Gasteiger partial charge is 0.493 e. The average Bonchev–Trinajstić information content (AvgIpc) is 3.21. The Bertz CT molecular complexity index is 862. The molecule has 1 fully saturated rings. The van der Waals surface area contributed by atoms with Crippen LogP contribution < -0.4 is 14.2 Å². The molecule has 1 unspecified atom stereocenters. The molecule has 0 bridgehead atoms. The number of carbonyl (C=O) groups is 1. The van der Waals surface area contributed by atoms with Gasteiger partial charge >= 0.3 is 0 Å². The number of methoxy groups -OCH3 is 2. The summed E-state index contributed by atoms with van der Waals surface area (Å²) in [5.41, 5.74) is 3.55. The van der Waals surface area contributed by atoms with Crippen LogP contribution in [-0.2, 0) is 4.79 Å². The number of carbonyl (C=O) groups excluding carboxylic acids is 1. The van der Waals surface area contributed by atoms with Crippen molar-refractivity contribution < 1.29 is 19.0 Å². The minimum absolute atomic E-state index is 0.00729. The number of aryl methyl sites for hydroxylation is 1. The molecule has 0 saturated carbocycles. The van der Waals surface area contributed by atoms with Crippen molar-refractivity contribution in [1.29, 1.82) is 0 Å². The van der Waals surface area contributed by atoms with Gasteiger partial charge in [-0.25, -0.2) is 0 Å². The second-order valence-corrected chi connectivity index (χ2v) is 7.82. The summed E-state index contributed by atoms with van der Waals surface area (Å²) in [6, 6.07) is 11.9. The van der Waals surface area contributed by atoms with Gasteiger partial charge in [0.2, 0.25) is 0 Å². The van der Waals surface area contributed by atoms with Gasteiger partial charge in [-0.1, -0.05) is 26.0 Å². The van der Waals surface area contributed by atoms with Crippen molar-refractivity contribution in [3.8, 4) is 17.2 Å². The molecule has 1 amide bonds. The van der Waals surface area contributed by atoms with Crippen LogP contribution in [0.1, 0.15) is 55.3 Å². The van der Waals surface area contributed by atoms with Gasteiger partial charge in [-0.05, 0) is 66.6 Å². The van der Waals surface area contributed by atoms with E-state index in [0.717, 1.165) is 30.7 Å². The average molecular weight is 398 g/mol. The summed E-state index contributed by atoms with van der Waals surface area (Å²) >= 11 is 0. The first kappa shape index (κ1) is 21.0. The van der Waals surface area contributed by atoms with E-state index in [1.807, 2.05) is 35.2 Å². The van der Waals surface area contributed by atoms with E-state index < -0.39 is 0 Å². The second kappa shape index (κ2) is 9.21. The van der Waals surface area contributed by atoms with E-state index >= 15 is 0 Å². The molecule has 0 N–H and O–H groups in total. The van der Waals surface area contributed by atoms with Crippen LogP contribution in [0.3, 0.4) is 0 Å². The predicted octanol–water partition coefficient (Wildman–Crippen LogP) is 4.88. The van der Waals surface area contributed by atoms with Crippen LogP contribution in [0.15, 0.2) is 36.4 Å². The van der Waals surface area contributed by atoms with E-state index in [1.165, 1.54) is 11.1 Å². The molecule has 2 aromatic rings. The van der Waals surface area contributed by atoms with Crippen molar-refractivity contribution in [2.24, 2.45) is 0 Å². The van der Waals surface area contributed by atoms with E-state index in [9.17, 15) is 4.79 Å². The molecule has 29 heavy (non-hydrogen) atoms. The van der Waals surface area contributed by atoms with Crippen molar-refractivity contribution in [1.82, 2.24) is 4.90 Å². The van der Waals surface area contributed by atoms with Gasteiger partial charge in [-0.3, -0.25) is 4.79 Å². The molecule has 0 aromatic heterocycles. The van der Waals surface area contributed by atoms with Crippen LogP contribution in [0.25, 0.3) is 0 Å². The Kier molecular flexibility index (Phi) is 6.68. The zero-order valence-corrected chi connectivity index (χ0v) is 18.0. The molecule has 1 heterocycles. The highest BCUT2D eigenvalue weighted by Gasteiger charge is 2.30. The SMILES string of the molecule is COc1ccc(C2CCCN2C(=O)COc2ccc(C(C)C)c(C)c2)cc1OC. The Morgan fingerprint density at radius 2 is 1.86 bits per heavy atom. The van der Waals surface area contributed by atoms with Gasteiger partial charge < -0.3 is 19.1 Å². The van der Waals surface area contributed by atoms with E-state index in [1.54, 1.807) is 14.2 Å². The highest BCUT2D eigenvalue weighted by Crippen LogP contribution is 2.37. The lowest BCUT2D eigenvalue weighted by molar-refractivity contribution is -0.134. The van der Waals surface area contributed by atoms with Gasteiger partial charge in [-0.15, -0.1) is 0 Å². The lowest BCUT2D eigenvalue weighted by atomic mass is 9.98. The van der Waals surface area contributed by atoms with E-state index in [4.69, 9.17) is 14.2 Å². The smallest absolute Gasteiger partial charge is 0.261 e. The number of nitrogens with zero attached hydrogens (tertiary/aromatic N) is 1. The van der Waals surface area contributed by atoms with E-state index in [0.29, 0.717) is 17.4 Å². The van der Waals surface area contributed by atoms with E-state index in [-0.39, 0.29) is 18.6 Å². The minimum atomic E-state index is 0.00729. The third kappa shape index (κ3) is 4.66. The van der Waals surface area contributed by atoms with Crippen LogP contribution in [0.5, 0.6) is 17.2 Å². The van der Waals surface area contributed by atoms with Gasteiger partial charge in [0.1, 0.15) is 5.75 Å². The molecule has 3 rings (SSSR count). The first-order valence-corrected chi connectivity index (χ1v) is 10.2. The number of ether oxygens (including phenoxy) is 3. The van der Waals surface area contributed by atoms with Gasteiger partial charge in [0.25, 0.3) is 5.91 Å². The molecule has 0 spiro atoms. The van der Waals surface area contributed by atoms with Crippen molar-refractivity contribution in [2.45, 2.75) is 45.6 Å². The van der Waals surface area contributed by atoms with Crippen LogP contribution in [0.2, 0.25) is 0 Å². The van der Waals surface area contributed by atoms with E-state index in [2.05, 4.69) is 26.8 Å². The Labute approximate surface area is 173 Å². The number of hydrogen-bond acceptors (Lipinski definition) is 4. The normalized spacial score (nSPS) is 16.2. The van der Waals surface area contributed by atoms with Gasteiger partial charge in [0.05, 0.1) is 20.3 Å². The van der Waals surface area contributed by atoms with Gasteiger partial charge in [0.15, 0.2) is 18.1 Å².